The Balaban J connectivity index is 2.38. The fraction of sp³-hybridized carbons (Fsp3) is 0.417. The van der Waals surface area contributed by atoms with Gasteiger partial charge in [-0.25, -0.2) is 0 Å². The van der Waals surface area contributed by atoms with Crippen LogP contribution in [0.1, 0.15) is 18.9 Å². The highest BCUT2D eigenvalue weighted by Crippen LogP contribution is 2.09. The molecule has 0 radical (unpaired) electrons. The number of hydrogen-bond donors (Lipinski definition) is 1. The minimum absolute atomic E-state index is 0.0974. The summed E-state index contributed by atoms with van der Waals surface area (Å²) in [5, 5.41) is 2.66. The summed E-state index contributed by atoms with van der Waals surface area (Å²) in [6.45, 7) is 1.96. The van der Waals surface area contributed by atoms with Crippen molar-refractivity contribution < 1.29 is 4.79 Å². The average molecular weight is 191 g/mol. The van der Waals surface area contributed by atoms with Crippen molar-refractivity contribution in [2.45, 2.75) is 19.8 Å². The van der Waals surface area contributed by atoms with Gasteiger partial charge >= 0.3 is 0 Å². The number of carbonyl (C=O) groups excluding carboxylic acids is 1. The first-order valence-electron chi connectivity index (χ1n) is 4.99. The molecule has 0 fully saturated rings. The van der Waals surface area contributed by atoms with Crippen LogP contribution in [-0.4, -0.2) is 13.0 Å². The molecule has 0 bridgehead atoms. The first-order valence-corrected chi connectivity index (χ1v) is 4.99. The van der Waals surface area contributed by atoms with Crippen molar-refractivity contribution in [3.8, 4) is 0 Å². The van der Waals surface area contributed by atoms with Crippen LogP contribution in [0.15, 0.2) is 30.3 Å². The first kappa shape index (κ1) is 10.8. The highest BCUT2D eigenvalue weighted by molar-refractivity contribution is 5.77. The summed E-state index contributed by atoms with van der Waals surface area (Å²) >= 11 is 0. The van der Waals surface area contributed by atoms with Gasteiger partial charge in [-0.2, -0.15) is 0 Å². The Bertz CT molecular complexity index is 282. The zero-order valence-electron chi connectivity index (χ0n) is 8.79. The van der Waals surface area contributed by atoms with Crippen molar-refractivity contribution >= 4 is 5.91 Å². The molecule has 1 rings (SSSR count). The maximum absolute atomic E-state index is 11.2. The largest absolute Gasteiger partial charge is 0.359 e. The predicted molar refractivity (Wildman–Crippen MR) is 58.0 cm³/mol. The van der Waals surface area contributed by atoms with Gasteiger partial charge in [-0.3, -0.25) is 4.79 Å². The molecule has 0 aliphatic rings. The summed E-state index contributed by atoms with van der Waals surface area (Å²) in [4.78, 5) is 11.2. The van der Waals surface area contributed by atoms with E-state index in [0.29, 0.717) is 0 Å². The third-order valence-corrected chi connectivity index (χ3v) is 2.40. The number of nitrogens with one attached hydrogen (secondary N) is 1. The molecule has 0 saturated heterocycles. The standard InChI is InChI=1S/C12H17NO/c1-10(12(14)13-2)8-9-11-6-4-3-5-7-11/h3-7,10H,8-9H2,1-2H3,(H,13,14). The van der Waals surface area contributed by atoms with Gasteiger partial charge in [0.1, 0.15) is 0 Å². The van der Waals surface area contributed by atoms with Gasteiger partial charge in [-0.1, -0.05) is 37.3 Å². The van der Waals surface area contributed by atoms with Crippen molar-refractivity contribution in [3.05, 3.63) is 35.9 Å². The van der Waals surface area contributed by atoms with E-state index in [1.165, 1.54) is 5.56 Å². The average Bonchev–Trinajstić information content (AvgIpc) is 2.26. The van der Waals surface area contributed by atoms with Gasteiger partial charge in [0.05, 0.1) is 0 Å². The lowest BCUT2D eigenvalue weighted by atomic mass is 10.0. The van der Waals surface area contributed by atoms with Crippen LogP contribution in [0.3, 0.4) is 0 Å². The van der Waals surface area contributed by atoms with Crippen molar-refractivity contribution in [2.75, 3.05) is 7.05 Å². The molecule has 0 heterocycles. The Hall–Kier alpha value is -1.31. The molecule has 1 aromatic rings. The van der Waals surface area contributed by atoms with E-state index < -0.39 is 0 Å². The van der Waals surface area contributed by atoms with E-state index in [-0.39, 0.29) is 11.8 Å². The lowest BCUT2D eigenvalue weighted by molar-refractivity contribution is -0.124. The second kappa shape index (κ2) is 5.43. The van der Waals surface area contributed by atoms with Crippen molar-refractivity contribution in [1.29, 1.82) is 0 Å². The summed E-state index contributed by atoms with van der Waals surface area (Å²) in [6.07, 6.45) is 1.87. The quantitative estimate of drug-likeness (QED) is 0.775. The maximum Gasteiger partial charge on any atom is 0.222 e. The van der Waals surface area contributed by atoms with Crippen LogP contribution in [0.5, 0.6) is 0 Å². The summed E-state index contributed by atoms with van der Waals surface area (Å²) in [7, 11) is 1.68. The molecule has 1 atom stereocenters. The van der Waals surface area contributed by atoms with E-state index in [9.17, 15) is 4.79 Å². The van der Waals surface area contributed by atoms with Gasteiger partial charge in [0.15, 0.2) is 0 Å². The molecule has 1 aromatic carbocycles. The molecule has 1 amide bonds. The van der Waals surface area contributed by atoms with Crippen LogP contribution in [0.4, 0.5) is 0 Å². The van der Waals surface area contributed by atoms with Gasteiger partial charge in [-0.15, -0.1) is 0 Å². The lowest BCUT2D eigenvalue weighted by Crippen LogP contribution is -2.25. The van der Waals surface area contributed by atoms with Gasteiger partial charge < -0.3 is 5.32 Å². The Labute approximate surface area is 85.3 Å². The summed E-state index contributed by atoms with van der Waals surface area (Å²) in [5.41, 5.74) is 1.29. The fourth-order valence-corrected chi connectivity index (χ4v) is 1.41. The Morgan fingerprint density at radius 3 is 2.57 bits per heavy atom. The number of aryl methyl sites for hydroxylation is 1. The van der Waals surface area contributed by atoms with Gasteiger partial charge in [0.25, 0.3) is 0 Å². The van der Waals surface area contributed by atoms with Gasteiger partial charge in [0.2, 0.25) is 5.91 Å². The molecule has 1 unspecified atom stereocenters. The van der Waals surface area contributed by atoms with Crippen LogP contribution >= 0.6 is 0 Å². The van der Waals surface area contributed by atoms with E-state index in [0.717, 1.165) is 12.8 Å². The summed E-state index contributed by atoms with van der Waals surface area (Å²) < 4.78 is 0. The molecule has 0 saturated carbocycles. The molecule has 76 valence electrons. The Morgan fingerprint density at radius 1 is 1.36 bits per heavy atom. The van der Waals surface area contributed by atoms with Crippen molar-refractivity contribution in [3.63, 3.8) is 0 Å². The van der Waals surface area contributed by atoms with Crippen molar-refractivity contribution in [2.24, 2.45) is 5.92 Å². The summed E-state index contributed by atoms with van der Waals surface area (Å²) in [6, 6.07) is 10.2. The number of rotatable bonds is 4. The van der Waals surface area contributed by atoms with E-state index in [4.69, 9.17) is 0 Å². The second-order valence-electron chi connectivity index (χ2n) is 3.54. The normalized spacial score (nSPS) is 12.1. The molecule has 14 heavy (non-hydrogen) atoms. The monoisotopic (exact) mass is 191 g/mol. The zero-order chi connectivity index (χ0) is 10.4. The molecule has 0 aliphatic carbocycles. The first-order chi connectivity index (χ1) is 6.74. The lowest BCUT2D eigenvalue weighted by Gasteiger charge is -2.09. The topological polar surface area (TPSA) is 29.1 Å². The van der Waals surface area contributed by atoms with E-state index >= 15 is 0 Å². The minimum Gasteiger partial charge on any atom is -0.359 e. The number of carbonyl (C=O) groups is 1. The van der Waals surface area contributed by atoms with Gasteiger partial charge in [-0.05, 0) is 18.4 Å². The smallest absolute Gasteiger partial charge is 0.222 e. The van der Waals surface area contributed by atoms with Gasteiger partial charge in [0, 0.05) is 13.0 Å². The SMILES string of the molecule is CNC(=O)C(C)CCc1ccccc1. The molecule has 0 aromatic heterocycles. The third kappa shape index (κ3) is 3.21. The molecule has 0 aliphatic heterocycles. The second-order valence-corrected chi connectivity index (χ2v) is 3.54. The highest BCUT2D eigenvalue weighted by atomic mass is 16.1. The van der Waals surface area contributed by atoms with E-state index in [1.54, 1.807) is 7.05 Å². The maximum atomic E-state index is 11.2. The molecular formula is C12H17NO. The molecule has 2 nitrogen and oxygen atoms in total. The van der Waals surface area contributed by atoms with E-state index in [1.807, 2.05) is 25.1 Å². The number of amides is 1. The van der Waals surface area contributed by atoms with Crippen LogP contribution in [0.2, 0.25) is 0 Å². The molecular weight excluding hydrogens is 174 g/mol. The molecule has 2 heteroatoms. The molecule has 1 N–H and O–H groups in total. The summed E-state index contributed by atoms with van der Waals surface area (Å²) in [5.74, 6) is 0.223. The van der Waals surface area contributed by atoms with Crippen LogP contribution in [0.25, 0.3) is 0 Å². The Kier molecular flexibility index (Phi) is 4.17. The van der Waals surface area contributed by atoms with Crippen LogP contribution in [0, 0.1) is 5.92 Å². The van der Waals surface area contributed by atoms with Crippen LogP contribution < -0.4 is 5.32 Å². The fourth-order valence-electron chi connectivity index (χ4n) is 1.41. The predicted octanol–water partition coefficient (Wildman–Crippen LogP) is 2.00. The zero-order valence-corrected chi connectivity index (χ0v) is 8.79. The van der Waals surface area contributed by atoms with Crippen molar-refractivity contribution in [1.82, 2.24) is 5.32 Å². The number of benzene rings is 1. The van der Waals surface area contributed by atoms with Crippen LogP contribution in [-0.2, 0) is 11.2 Å². The number of hydrogen-bond acceptors (Lipinski definition) is 1. The highest BCUT2D eigenvalue weighted by Gasteiger charge is 2.09. The third-order valence-electron chi connectivity index (χ3n) is 2.40. The Morgan fingerprint density at radius 2 is 2.00 bits per heavy atom. The molecule has 0 spiro atoms. The van der Waals surface area contributed by atoms with E-state index in [2.05, 4.69) is 17.4 Å². The minimum atomic E-state index is 0.0974.